The number of nitrogens with one attached hydrogen (secondary N) is 1. The van der Waals surface area contributed by atoms with E-state index in [1.54, 1.807) is 25.1 Å². The number of carboxylic acid groups (broad SMARTS) is 1. The van der Waals surface area contributed by atoms with Crippen molar-refractivity contribution in [2.24, 2.45) is 5.92 Å². The smallest absolute Gasteiger partial charge is 0.326 e. The van der Waals surface area contributed by atoms with E-state index in [-0.39, 0.29) is 11.5 Å². The summed E-state index contributed by atoms with van der Waals surface area (Å²) in [6, 6.07) is 3.81. The number of hydrogen-bond acceptors (Lipinski definition) is 4. The summed E-state index contributed by atoms with van der Waals surface area (Å²) in [5, 5.41) is 11.7. The van der Waals surface area contributed by atoms with Crippen LogP contribution in [0.15, 0.2) is 18.2 Å². The van der Waals surface area contributed by atoms with E-state index in [9.17, 15) is 14.7 Å². The molecule has 0 fully saturated rings. The number of amides is 1. The van der Waals surface area contributed by atoms with Gasteiger partial charge in [-0.1, -0.05) is 20.3 Å². The summed E-state index contributed by atoms with van der Waals surface area (Å²) in [7, 11) is 2.95. The highest BCUT2D eigenvalue weighted by Crippen LogP contribution is 2.24. The topological polar surface area (TPSA) is 84.9 Å². The van der Waals surface area contributed by atoms with Gasteiger partial charge >= 0.3 is 5.97 Å². The maximum Gasteiger partial charge on any atom is 0.326 e. The molecule has 0 aliphatic rings. The van der Waals surface area contributed by atoms with Crippen LogP contribution in [0.2, 0.25) is 0 Å². The third-order valence-electron chi connectivity index (χ3n) is 3.42. The number of carbonyl (C=O) groups is 2. The lowest BCUT2D eigenvalue weighted by molar-refractivity contribution is -0.140. The molecule has 2 N–H and O–H groups in total. The van der Waals surface area contributed by atoms with Crippen molar-refractivity contribution in [3.05, 3.63) is 23.8 Å². The van der Waals surface area contributed by atoms with Gasteiger partial charge in [0.1, 0.15) is 17.5 Å². The predicted octanol–water partition coefficient (Wildman–Crippen LogP) is 1.93. The fraction of sp³-hybridized carbons (Fsp3) is 0.467. The van der Waals surface area contributed by atoms with Crippen LogP contribution in [-0.2, 0) is 4.79 Å². The van der Waals surface area contributed by atoms with Gasteiger partial charge in [0.2, 0.25) is 0 Å². The predicted molar refractivity (Wildman–Crippen MR) is 77.9 cm³/mol. The molecule has 6 heteroatoms. The molecule has 0 saturated heterocycles. The molecular formula is C15H21NO5. The molecule has 1 aromatic rings. The minimum absolute atomic E-state index is 0.171. The standard InChI is InChI=1S/C15H21NO5/c1-5-9(2)13(15(18)19)16-14(17)11-7-6-10(20-3)8-12(11)21-4/h6-9,13H,5H2,1-4H3,(H,16,17)(H,18,19). The Kier molecular flexibility index (Phi) is 6.02. The number of ether oxygens (including phenoxy) is 2. The van der Waals surface area contributed by atoms with Gasteiger partial charge in [-0.05, 0) is 18.1 Å². The Balaban J connectivity index is 3.00. The highest BCUT2D eigenvalue weighted by Gasteiger charge is 2.26. The Bertz CT molecular complexity index is 515. The average molecular weight is 295 g/mol. The molecule has 1 amide bonds. The molecule has 0 spiro atoms. The van der Waals surface area contributed by atoms with Crippen molar-refractivity contribution in [2.45, 2.75) is 26.3 Å². The highest BCUT2D eigenvalue weighted by molar-refractivity contribution is 5.99. The maximum absolute atomic E-state index is 12.3. The first-order valence-corrected chi connectivity index (χ1v) is 6.70. The van der Waals surface area contributed by atoms with Crippen LogP contribution in [0.4, 0.5) is 0 Å². The number of methoxy groups -OCH3 is 2. The Hall–Kier alpha value is -2.24. The molecule has 1 aromatic carbocycles. The van der Waals surface area contributed by atoms with Crippen LogP contribution in [0.25, 0.3) is 0 Å². The van der Waals surface area contributed by atoms with E-state index in [0.29, 0.717) is 17.9 Å². The van der Waals surface area contributed by atoms with Crippen molar-refractivity contribution < 1.29 is 24.2 Å². The quantitative estimate of drug-likeness (QED) is 0.803. The van der Waals surface area contributed by atoms with Gasteiger partial charge in [-0.15, -0.1) is 0 Å². The number of carbonyl (C=O) groups excluding carboxylic acids is 1. The van der Waals surface area contributed by atoms with E-state index in [0.717, 1.165) is 0 Å². The van der Waals surface area contributed by atoms with Crippen LogP contribution in [0.1, 0.15) is 30.6 Å². The van der Waals surface area contributed by atoms with Gasteiger partial charge in [-0.3, -0.25) is 4.79 Å². The second-order valence-corrected chi connectivity index (χ2v) is 4.74. The molecular weight excluding hydrogens is 274 g/mol. The Labute approximate surface area is 124 Å². The van der Waals surface area contributed by atoms with Crippen molar-refractivity contribution in [2.75, 3.05) is 14.2 Å². The van der Waals surface area contributed by atoms with E-state index < -0.39 is 17.9 Å². The summed E-state index contributed by atoms with van der Waals surface area (Å²) in [6.45, 7) is 3.66. The first-order valence-electron chi connectivity index (χ1n) is 6.70. The SMILES string of the molecule is CCC(C)C(NC(=O)c1ccc(OC)cc1OC)C(=O)O. The lowest BCUT2D eigenvalue weighted by atomic mass is 9.99. The normalized spacial score (nSPS) is 13.1. The molecule has 0 aliphatic heterocycles. The summed E-state index contributed by atoms with van der Waals surface area (Å²) < 4.78 is 10.2. The van der Waals surface area contributed by atoms with Gasteiger partial charge in [-0.2, -0.15) is 0 Å². The highest BCUT2D eigenvalue weighted by atomic mass is 16.5. The molecule has 0 heterocycles. The lowest BCUT2D eigenvalue weighted by Crippen LogP contribution is -2.45. The molecule has 1 rings (SSSR count). The van der Waals surface area contributed by atoms with Crippen LogP contribution in [-0.4, -0.2) is 37.2 Å². The molecule has 2 unspecified atom stereocenters. The van der Waals surface area contributed by atoms with Crippen molar-refractivity contribution >= 4 is 11.9 Å². The minimum Gasteiger partial charge on any atom is -0.497 e. The maximum atomic E-state index is 12.3. The number of carboxylic acids is 1. The van der Waals surface area contributed by atoms with Crippen LogP contribution >= 0.6 is 0 Å². The molecule has 6 nitrogen and oxygen atoms in total. The summed E-state index contributed by atoms with van der Waals surface area (Å²) in [4.78, 5) is 23.5. The van der Waals surface area contributed by atoms with Crippen LogP contribution in [0.5, 0.6) is 11.5 Å². The average Bonchev–Trinajstić information content (AvgIpc) is 2.50. The Morgan fingerprint density at radius 1 is 1.29 bits per heavy atom. The van der Waals surface area contributed by atoms with Gasteiger partial charge < -0.3 is 19.9 Å². The van der Waals surface area contributed by atoms with Crippen molar-refractivity contribution in [3.63, 3.8) is 0 Å². The third kappa shape index (κ3) is 4.11. The van der Waals surface area contributed by atoms with Gasteiger partial charge in [0.05, 0.1) is 19.8 Å². The zero-order valence-electron chi connectivity index (χ0n) is 12.7. The molecule has 0 aromatic heterocycles. The summed E-state index contributed by atoms with van der Waals surface area (Å²) >= 11 is 0. The number of hydrogen-bond donors (Lipinski definition) is 2. The molecule has 0 radical (unpaired) electrons. The van der Waals surface area contributed by atoms with Crippen LogP contribution in [0, 0.1) is 5.92 Å². The van der Waals surface area contributed by atoms with Gasteiger partial charge in [0, 0.05) is 6.07 Å². The number of aliphatic carboxylic acids is 1. The zero-order valence-corrected chi connectivity index (χ0v) is 12.7. The monoisotopic (exact) mass is 295 g/mol. The number of rotatable bonds is 7. The van der Waals surface area contributed by atoms with E-state index in [1.165, 1.54) is 14.2 Å². The fourth-order valence-electron chi connectivity index (χ4n) is 1.89. The molecule has 2 atom stereocenters. The molecule has 0 saturated carbocycles. The Morgan fingerprint density at radius 2 is 1.95 bits per heavy atom. The molecule has 116 valence electrons. The van der Waals surface area contributed by atoms with Crippen LogP contribution in [0.3, 0.4) is 0 Å². The third-order valence-corrected chi connectivity index (χ3v) is 3.42. The van der Waals surface area contributed by atoms with Crippen molar-refractivity contribution in [1.82, 2.24) is 5.32 Å². The summed E-state index contributed by atoms with van der Waals surface area (Å²) in [5.41, 5.74) is 0.271. The zero-order chi connectivity index (χ0) is 16.0. The summed E-state index contributed by atoms with van der Waals surface area (Å²) in [6.07, 6.45) is 0.650. The van der Waals surface area contributed by atoms with Crippen molar-refractivity contribution in [3.8, 4) is 11.5 Å². The van der Waals surface area contributed by atoms with E-state index >= 15 is 0 Å². The van der Waals surface area contributed by atoms with Crippen LogP contribution < -0.4 is 14.8 Å². The van der Waals surface area contributed by atoms with E-state index in [1.807, 2.05) is 6.92 Å². The van der Waals surface area contributed by atoms with E-state index in [4.69, 9.17) is 9.47 Å². The number of benzene rings is 1. The molecule has 0 bridgehead atoms. The first kappa shape index (κ1) is 16.8. The van der Waals surface area contributed by atoms with E-state index in [2.05, 4.69) is 5.32 Å². The first-order chi connectivity index (χ1) is 9.94. The van der Waals surface area contributed by atoms with Gasteiger partial charge in [0.25, 0.3) is 5.91 Å². The second kappa shape index (κ2) is 7.52. The largest absolute Gasteiger partial charge is 0.497 e. The molecule has 0 aliphatic carbocycles. The van der Waals surface area contributed by atoms with Gasteiger partial charge in [0.15, 0.2) is 0 Å². The van der Waals surface area contributed by atoms with Gasteiger partial charge in [-0.25, -0.2) is 4.79 Å². The molecule has 21 heavy (non-hydrogen) atoms. The Morgan fingerprint density at radius 3 is 2.43 bits per heavy atom. The summed E-state index contributed by atoms with van der Waals surface area (Å²) in [5.74, 6) is -0.816. The fourth-order valence-corrected chi connectivity index (χ4v) is 1.89. The second-order valence-electron chi connectivity index (χ2n) is 4.74. The minimum atomic E-state index is -1.05. The van der Waals surface area contributed by atoms with Crippen molar-refractivity contribution in [1.29, 1.82) is 0 Å². The lowest BCUT2D eigenvalue weighted by Gasteiger charge is -2.20.